The van der Waals surface area contributed by atoms with E-state index in [-0.39, 0.29) is 12.0 Å². The van der Waals surface area contributed by atoms with Crippen molar-refractivity contribution < 1.29 is 14.3 Å². The lowest BCUT2D eigenvalue weighted by Gasteiger charge is -2.21. The van der Waals surface area contributed by atoms with Crippen molar-refractivity contribution in [2.24, 2.45) is 0 Å². The van der Waals surface area contributed by atoms with Crippen LogP contribution in [0.5, 0.6) is 11.5 Å². The Labute approximate surface area is 136 Å². The number of hydrogen-bond acceptors (Lipinski definition) is 4. The van der Waals surface area contributed by atoms with E-state index in [9.17, 15) is 4.79 Å². The van der Waals surface area contributed by atoms with Gasteiger partial charge in [-0.25, -0.2) is 0 Å². The van der Waals surface area contributed by atoms with Gasteiger partial charge in [-0.1, -0.05) is 11.6 Å². The summed E-state index contributed by atoms with van der Waals surface area (Å²) in [6.45, 7) is 7.03. The van der Waals surface area contributed by atoms with Gasteiger partial charge in [0, 0.05) is 25.2 Å². The number of nitrogens with one attached hydrogen (secondary N) is 1. The predicted octanol–water partition coefficient (Wildman–Crippen LogP) is 2.57. The zero-order chi connectivity index (χ0) is 16.1. The van der Waals surface area contributed by atoms with Gasteiger partial charge >= 0.3 is 0 Å². The minimum Gasteiger partial charge on any atom is -0.493 e. The van der Waals surface area contributed by atoms with Gasteiger partial charge in [-0.3, -0.25) is 4.79 Å². The molecule has 1 amide bonds. The Balaban J connectivity index is 2.27. The molecule has 1 saturated heterocycles. The molecular formula is C16H23ClN2O3. The van der Waals surface area contributed by atoms with E-state index >= 15 is 0 Å². The third-order valence-corrected chi connectivity index (χ3v) is 3.74. The van der Waals surface area contributed by atoms with Gasteiger partial charge in [-0.2, -0.15) is 0 Å². The molecule has 0 bridgehead atoms. The van der Waals surface area contributed by atoms with E-state index < -0.39 is 0 Å². The highest BCUT2D eigenvalue weighted by Crippen LogP contribution is 2.37. The van der Waals surface area contributed by atoms with Crippen molar-refractivity contribution in [2.45, 2.75) is 26.4 Å². The van der Waals surface area contributed by atoms with Crippen LogP contribution in [0.15, 0.2) is 12.1 Å². The van der Waals surface area contributed by atoms with Crippen LogP contribution >= 0.6 is 11.6 Å². The van der Waals surface area contributed by atoms with Gasteiger partial charge in [0.25, 0.3) is 5.91 Å². The summed E-state index contributed by atoms with van der Waals surface area (Å²) in [4.78, 5) is 14.5. The number of carbonyl (C=O) groups is 1. The number of rotatable bonds is 4. The number of carbonyl (C=O) groups excluding carboxylic acids is 1. The van der Waals surface area contributed by atoms with E-state index in [1.165, 1.54) is 0 Å². The summed E-state index contributed by atoms with van der Waals surface area (Å²) in [6.07, 6.45) is 0.926. The molecule has 1 aliphatic heterocycles. The molecule has 0 aromatic heterocycles. The van der Waals surface area contributed by atoms with E-state index in [1.807, 2.05) is 18.7 Å². The van der Waals surface area contributed by atoms with E-state index in [1.54, 1.807) is 19.2 Å². The Morgan fingerprint density at radius 1 is 1.32 bits per heavy atom. The number of nitrogens with zero attached hydrogens (tertiary/aromatic N) is 1. The number of benzene rings is 1. The molecule has 1 heterocycles. The fraction of sp³-hybridized carbons (Fsp3) is 0.562. The Hall–Kier alpha value is -1.46. The van der Waals surface area contributed by atoms with Gasteiger partial charge < -0.3 is 19.7 Å². The van der Waals surface area contributed by atoms with Crippen molar-refractivity contribution in [3.8, 4) is 11.5 Å². The maximum atomic E-state index is 12.6. The van der Waals surface area contributed by atoms with Gasteiger partial charge in [-0.15, -0.1) is 0 Å². The van der Waals surface area contributed by atoms with Crippen LogP contribution in [0.3, 0.4) is 0 Å². The van der Waals surface area contributed by atoms with Crippen LogP contribution in [-0.4, -0.2) is 50.2 Å². The smallest absolute Gasteiger partial charge is 0.254 e. The normalized spacial score (nSPS) is 15.6. The lowest BCUT2D eigenvalue weighted by atomic mass is 10.1. The van der Waals surface area contributed by atoms with Crippen molar-refractivity contribution in [2.75, 3.05) is 33.3 Å². The summed E-state index contributed by atoms with van der Waals surface area (Å²) in [5.41, 5.74) is 0.528. The van der Waals surface area contributed by atoms with E-state index in [0.29, 0.717) is 28.6 Å². The first-order chi connectivity index (χ1) is 10.5. The Bertz CT molecular complexity index is 526. The molecule has 0 aliphatic carbocycles. The Kier molecular flexibility index (Phi) is 5.91. The van der Waals surface area contributed by atoms with Gasteiger partial charge in [0.15, 0.2) is 11.5 Å². The number of ether oxygens (including phenoxy) is 2. The molecule has 0 spiro atoms. The fourth-order valence-corrected chi connectivity index (χ4v) is 2.68. The van der Waals surface area contributed by atoms with Gasteiger partial charge in [0.1, 0.15) is 0 Å². The second-order valence-corrected chi connectivity index (χ2v) is 5.96. The van der Waals surface area contributed by atoms with Crippen LogP contribution in [-0.2, 0) is 0 Å². The van der Waals surface area contributed by atoms with Crippen molar-refractivity contribution in [1.82, 2.24) is 10.2 Å². The molecule has 1 aromatic carbocycles. The molecule has 122 valence electrons. The summed E-state index contributed by atoms with van der Waals surface area (Å²) < 4.78 is 11.0. The molecule has 0 saturated carbocycles. The van der Waals surface area contributed by atoms with Crippen molar-refractivity contribution in [3.05, 3.63) is 22.7 Å². The Morgan fingerprint density at radius 2 is 2.09 bits per heavy atom. The zero-order valence-electron chi connectivity index (χ0n) is 13.3. The number of methoxy groups -OCH3 is 1. The summed E-state index contributed by atoms with van der Waals surface area (Å²) in [6, 6.07) is 3.35. The van der Waals surface area contributed by atoms with Crippen molar-refractivity contribution in [1.29, 1.82) is 0 Å². The van der Waals surface area contributed by atoms with Crippen LogP contribution in [0.1, 0.15) is 30.6 Å². The van der Waals surface area contributed by atoms with Crippen LogP contribution in [0.2, 0.25) is 5.02 Å². The van der Waals surface area contributed by atoms with Crippen LogP contribution in [0, 0.1) is 0 Å². The molecule has 0 atom stereocenters. The van der Waals surface area contributed by atoms with Crippen LogP contribution in [0.25, 0.3) is 0 Å². The highest BCUT2D eigenvalue weighted by atomic mass is 35.5. The third-order valence-electron chi connectivity index (χ3n) is 3.46. The summed E-state index contributed by atoms with van der Waals surface area (Å²) in [7, 11) is 1.54. The first-order valence-electron chi connectivity index (χ1n) is 7.57. The molecule has 1 N–H and O–H groups in total. The van der Waals surface area contributed by atoms with Crippen molar-refractivity contribution in [3.63, 3.8) is 0 Å². The van der Waals surface area contributed by atoms with E-state index in [2.05, 4.69) is 5.32 Å². The lowest BCUT2D eigenvalue weighted by molar-refractivity contribution is 0.0766. The molecule has 1 aliphatic rings. The predicted molar refractivity (Wildman–Crippen MR) is 87.2 cm³/mol. The van der Waals surface area contributed by atoms with Gasteiger partial charge in [0.2, 0.25) is 0 Å². The molecule has 0 unspecified atom stereocenters. The largest absolute Gasteiger partial charge is 0.493 e. The molecule has 5 nitrogen and oxygen atoms in total. The van der Waals surface area contributed by atoms with E-state index in [4.69, 9.17) is 21.1 Å². The minimum absolute atomic E-state index is 0.0235. The zero-order valence-corrected chi connectivity index (χ0v) is 14.1. The standard InChI is InChI=1S/C16H23ClN2O3/c1-11(2)22-15-13(17)9-12(10-14(15)21-3)16(20)19-7-4-5-18-6-8-19/h9-11,18H,4-8H2,1-3H3. The molecule has 2 rings (SSSR count). The monoisotopic (exact) mass is 326 g/mol. The quantitative estimate of drug-likeness (QED) is 0.924. The highest BCUT2D eigenvalue weighted by molar-refractivity contribution is 6.32. The topological polar surface area (TPSA) is 50.8 Å². The molecule has 0 radical (unpaired) electrons. The second kappa shape index (κ2) is 7.70. The lowest BCUT2D eigenvalue weighted by Crippen LogP contribution is -2.34. The molecule has 1 aromatic rings. The minimum atomic E-state index is -0.0278. The van der Waals surface area contributed by atoms with Gasteiger partial charge in [0.05, 0.1) is 18.2 Å². The fourth-order valence-electron chi connectivity index (χ4n) is 2.42. The van der Waals surface area contributed by atoms with Crippen LogP contribution in [0.4, 0.5) is 0 Å². The maximum Gasteiger partial charge on any atom is 0.254 e. The number of hydrogen-bond donors (Lipinski definition) is 1. The van der Waals surface area contributed by atoms with E-state index in [0.717, 1.165) is 26.1 Å². The van der Waals surface area contributed by atoms with Crippen LogP contribution < -0.4 is 14.8 Å². The molecular weight excluding hydrogens is 304 g/mol. The Morgan fingerprint density at radius 3 is 2.77 bits per heavy atom. The summed E-state index contributed by atoms with van der Waals surface area (Å²) >= 11 is 6.28. The number of halogens is 1. The molecule has 6 heteroatoms. The van der Waals surface area contributed by atoms with Crippen molar-refractivity contribution >= 4 is 17.5 Å². The highest BCUT2D eigenvalue weighted by Gasteiger charge is 2.21. The third kappa shape index (κ3) is 4.05. The number of amides is 1. The first-order valence-corrected chi connectivity index (χ1v) is 7.95. The maximum absolute atomic E-state index is 12.6. The summed E-state index contributed by atoms with van der Waals surface area (Å²) in [5, 5.41) is 3.68. The average molecular weight is 327 g/mol. The average Bonchev–Trinajstić information content (AvgIpc) is 2.77. The van der Waals surface area contributed by atoms with Gasteiger partial charge in [-0.05, 0) is 38.9 Å². The first kappa shape index (κ1) is 16.9. The second-order valence-electron chi connectivity index (χ2n) is 5.55. The SMILES string of the molecule is COc1cc(C(=O)N2CCCNCC2)cc(Cl)c1OC(C)C. The molecule has 22 heavy (non-hydrogen) atoms. The summed E-state index contributed by atoms with van der Waals surface area (Å²) in [5.74, 6) is 0.936. The molecule has 1 fully saturated rings.